The van der Waals surface area contributed by atoms with Crippen molar-refractivity contribution in [3.05, 3.63) is 35.4 Å². The van der Waals surface area contributed by atoms with E-state index in [1.165, 1.54) is 6.07 Å². The minimum absolute atomic E-state index is 0.0897. The molecule has 1 saturated heterocycles. The summed E-state index contributed by atoms with van der Waals surface area (Å²) in [4.78, 5) is 0. The van der Waals surface area contributed by atoms with Crippen LogP contribution in [0.2, 0.25) is 0 Å². The molecule has 0 unspecified atom stereocenters. The van der Waals surface area contributed by atoms with Crippen molar-refractivity contribution >= 4 is 9.84 Å². The van der Waals surface area contributed by atoms with Crippen molar-refractivity contribution in [3.63, 3.8) is 0 Å². The maximum Gasteiger partial charge on any atom is 0.159 e. The molecule has 0 aliphatic carbocycles. The van der Waals surface area contributed by atoms with Crippen LogP contribution in [0.5, 0.6) is 0 Å². The lowest BCUT2D eigenvalue weighted by Gasteiger charge is -2.10. The molecule has 1 aromatic carbocycles. The largest absolute Gasteiger partial charge is 0.309 e. The molecule has 6 heteroatoms. The predicted octanol–water partition coefficient (Wildman–Crippen LogP) is 1.24. The van der Waals surface area contributed by atoms with Gasteiger partial charge >= 0.3 is 0 Å². The van der Waals surface area contributed by atoms with Crippen LogP contribution in [-0.4, -0.2) is 26.0 Å². The average Bonchev–Trinajstić information content (AvgIpc) is 2.60. The predicted molar refractivity (Wildman–Crippen MR) is 60.3 cm³/mol. The monoisotopic (exact) mass is 261 g/mol. The van der Waals surface area contributed by atoms with Gasteiger partial charge in [0.15, 0.2) is 21.5 Å². The van der Waals surface area contributed by atoms with E-state index in [1.54, 1.807) is 0 Å². The maximum atomic E-state index is 12.9. The summed E-state index contributed by atoms with van der Waals surface area (Å²) >= 11 is 0. The molecule has 0 aromatic heterocycles. The van der Waals surface area contributed by atoms with Crippen LogP contribution in [0.1, 0.15) is 12.0 Å². The number of nitrogens with one attached hydrogen (secondary N) is 1. The van der Waals surface area contributed by atoms with E-state index in [-0.39, 0.29) is 17.5 Å². The summed E-state index contributed by atoms with van der Waals surface area (Å²) in [6.07, 6.45) is 0.575. The Labute approximate surface area is 98.8 Å². The fraction of sp³-hybridized carbons (Fsp3) is 0.455. The third-order valence-corrected chi connectivity index (χ3v) is 4.58. The molecular weight excluding hydrogens is 248 g/mol. The van der Waals surface area contributed by atoms with Crippen molar-refractivity contribution in [2.24, 2.45) is 0 Å². The van der Waals surface area contributed by atoms with E-state index in [0.717, 1.165) is 12.1 Å². The second-order valence-electron chi connectivity index (χ2n) is 4.23. The lowest BCUT2D eigenvalue weighted by molar-refractivity contribution is 0.503. The Morgan fingerprint density at radius 1 is 1.29 bits per heavy atom. The molecule has 0 bridgehead atoms. The Morgan fingerprint density at radius 2 is 2.06 bits per heavy atom. The molecule has 1 atom stereocenters. The zero-order valence-corrected chi connectivity index (χ0v) is 9.93. The van der Waals surface area contributed by atoms with Gasteiger partial charge in [0.25, 0.3) is 0 Å². The highest BCUT2D eigenvalue weighted by atomic mass is 32.2. The van der Waals surface area contributed by atoms with Crippen LogP contribution < -0.4 is 5.32 Å². The van der Waals surface area contributed by atoms with Gasteiger partial charge in [-0.3, -0.25) is 0 Å². The molecular formula is C11H13F2NO2S. The topological polar surface area (TPSA) is 46.2 Å². The molecule has 1 heterocycles. The van der Waals surface area contributed by atoms with Gasteiger partial charge in [0.05, 0.1) is 11.5 Å². The van der Waals surface area contributed by atoms with E-state index in [2.05, 4.69) is 5.32 Å². The highest BCUT2D eigenvalue weighted by Gasteiger charge is 2.27. The quantitative estimate of drug-likeness (QED) is 0.890. The SMILES string of the molecule is O=S1(=O)CC[C@@H](NCc2ccc(F)c(F)c2)C1. The Kier molecular flexibility index (Phi) is 3.44. The fourth-order valence-electron chi connectivity index (χ4n) is 1.87. The first-order valence-electron chi connectivity index (χ1n) is 5.34. The standard InChI is InChI=1S/C11H13F2NO2S/c12-10-2-1-8(5-11(10)13)6-14-9-3-4-17(15,16)7-9/h1-2,5,9,14H,3-4,6-7H2/t9-/m1/s1. The summed E-state index contributed by atoms with van der Waals surface area (Å²) < 4.78 is 48.0. The molecule has 0 spiro atoms. The molecule has 1 aromatic rings. The van der Waals surface area contributed by atoms with Crippen molar-refractivity contribution in [2.75, 3.05) is 11.5 Å². The van der Waals surface area contributed by atoms with Gasteiger partial charge in [0.1, 0.15) is 0 Å². The Hall–Kier alpha value is -1.01. The van der Waals surface area contributed by atoms with Crippen molar-refractivity contribution < 1.29 is 17.2 Å². The second-order valence-corrected chi connectivity index (χ2v) is 6.46. The molecule has 1 fully saturated rings. The molecule has 1 aliphatic rings. The van der Waals surface area contributed by atoms with Gasteiger partial charge in [-0.2, -0.15) is 0 Å². The number of rotatable bonds is 3. The van der Waals surface area contributed by atoms with Gasteiger partial charge in [-0.15, -0.1) is 0 Å². The molecule has 0 radical (unpaired) electrons. The smallest absolute Gasteiger partial charge is 0.159 e. The van der Waals surface area contributed by atoms with Crippen molar-refractivity contribution in [1.82, 2.24) is 5.32 Å². The van der Waals surface area contributed by atoms with Crippen LogP contribution in [0.15, 0.2) is 18.2 Å². The number of sulfone groups is 1. The molecule has 1 aliphatic heterocycles. The second kappa shape index (κ2) is 4.70. The van der Waals surface area contributed by atoms with Crippen LogP contribution >= 0.6 is 0 Å². The summed E-state index contributed by atoms with van der Waals surface area (Å²) in [5.74, 6) is -1.44. The van der Waals surface area contributed by atoms with Gasteiger partial charge in [-0.05, 0) is 24.1 Å². The summed E-state index contributed by atoms with van der Waals surface area (Å²) in [5.41, 5.74) is 0.605. The molecule has 2 rings (SSSR count). The first-order valence-corrected chi connectivity index (χ1v) is 7.16. The van der Waals surface area contributed by atoms with Crippen LogP contribution in [-0.2, 0) is 16.4 Å². The Balaban J connectivity index is 1.92. The molecule has 1 N–H and O–H groups in total. The summed E-state index contributed by atoms with van der Waals surface area (Å²) in [5, 5.41) is 3.03. The highest BCUT2D eigenvalue weighted by Crippen LogP contribution is 2.13. The molecule has 0 saturated carbocycles. The average molecular weight is 261 g/mol. The van der Waals surface area contributed by atoms with Crippen LogP contribution in [0.3, 0.4) is 0 Å². The molecule has 17 heavy (non-hydrogen) atoms. The van der Waals surface area contributed by atoms with E-state index in [0.29, 0.717) is 18.5 Å². The van der Waals surface area contributed by atoms with Gasteiger partial charge < -0.3 is 5.32 Å². The first-order chi connectivity index (χ1) is 7.96. The summed E-state index contributed by atoms with van der Waals surface area (Å²) in [7, 11) is -2.91. The Morgan fingerprint density at radius 3 is 2.65 bits per heavy atom. The number of hydrogen-bond acceptors (Lipinski definition) is 3. The third kappa shape index (κ3) is 3.23. The van der Waals surface area contributed by atoms with E-state index in [1.807, 2.05) is 0 Å². The van der Waals surface area contributed by atoms with Crippen LogP contribution in [0.25, 0.3) is 0 Å². The number of benzene rings is 1. The van der Waals surface area contributed by atoms with Crippen LogP contribution in [0, 0.1) is 11.6 Å². The van der Waals surface area contributed by atoms with Gasteiger partial charge in [0.2, 0.25) is 0 Å². The van der Waals surface area contributed by atoms with Gasteiger partial charge in [0, 0.05) is 12.6 Å². The van der Waals surface area contributed by atoms with Crippen molar-refractivity contribution in [3.8, 4) is 0 Å². The highest BCUT2D eigenvalue weighted by molar-refractivity contribution is 7.91. The molecule has 94 valence electrons. The fourth-order valence-corrected chi connectivity index (χ4v) is 3.58. The number of halogens is 2. The normalized spacial score (nSPS) is 22.8. The molecule has 0 amide bonds. The zero-order valence-electron chi connectivity index (χ0n) is 9.12. The molecule has 3 nitrogen and oxygen atoms in total. The Bertz CT molecular complexity index is 516. The lowest BCUT2D eigenvalue weighted by Crippen LogP contribution is -2.29. The number of hydrogen-bond donors (Lipinski definition) is 1. The summed E-state index contributed by atoms with van der Waals surface area (Å²) in [6, 6.07) is 3.58. The van der Waals surface area contributed by atoms with Crippen molar-refractivity contribution in [2.45, 2.75) is 19.0 Å². The van der Waals surface area contributed by atoms with Gasteiger partial charge in [-0.25, -0.2) is 17.2 Å². The zero-order chi connectivity index (χ0) is 12.5. The van der Waals surface area contributed by atoms with Crippen molar-refractivity contribution in [1.29, 1.82) is 0 Å². The first kappa shape index (κ1) is 12.4. The van der Waals surface area contributed by atoms with Crippen LogP contribution in [0.4, 0.5) is 8.78 Å². The summed E-state index contributed by atoms with van der Waals surface area (Å²) in [6.45, 7) is 0.345. The van der Waals surface area contributed by atoms with E-state index in [9.17, 15) is 17.2 Å². The van der Waals surface area contributed by atoms with E-state index in [4.69, 9.17) is 0 Å². The van der Waals surface area contributed by atoms with E-state index < -0.39 is 21.5 Å². The minimum atomic E-state index is -2.91. The lowest BCUT2D eigenvalue weighted by atomic mass is 10.2. The van der Waals surface area contributed by atoms with Gasteiger partial charge in [-0.1, -0.05) is 6.07 Å². The minimum Gasteiger partial charge on any atom is -0.309 e. The van der Waals surface area contributed by atoms with E-state index >= 15 is 0 Å². The third-order valence-electron chi connectivity index (χ3n) is 2.81. The maximum absolute atomic E-state index is 12.9.